The lowest BCUT2D eigenvalue weighted by Crippen LogP contribution is -2.63. The number of nitrogens with zero attached hydrogens (tertiary/aromatic N) is 8. The number of carbonyl (C=O) groups is 12. The average Bonchev–Trinajstić information content (AvgIpc) is 0.801. The fourth-order valence-corrected chi connectivity index (χ4v) is 13.1. The summed E-state index contributed by atoms with van der Waals surface area (Å²) >= 11 is 0. The zero-order valence-corrected chi connectivity index (χ0v) is 65.9. The molecule has 568 valence electrons. The van der Waals surface area contributed by atoms with Crippen LogP contribution in [0.2, 0.25) is 0 Å². The zero-order chi connectivity index (χ0) is 76.5. The van der Waals surface area contributed by atoms with Crippen LogP contribution in [-0.2, 0) is 62.3 Å². The van der Waals surface area contributed by atoms with E-state index in [2.05, 4.69) is 29.4 Å². The molecule has 0 spiro atoms. The first-order valence-electron chi connectivity index (χ1n) is 36.4. The Balaban J connectivity index is 3.48. The van der Waals surface area contributed by atoms with E-state index in [1.807, 2.05) is 75.3 Å². The summed E-state index contributed by atoms with van der Waals surface area (Å²) in [6.45, 7) is 39.0. The predicted molar refractivity (Wildman–Crippen MR) is 387 cm³/mol. The van der Waals surface area contributed by atoms with Crippen LogP contribution < -0.4 is 10.6 Å². The highest BCUT2D eigenvalue weighted by molar-refractivity contribution is 5.99. The summed E-state index contributed by atoms with van der Waals surface area (Å²) in [7, 11) is 10.5. The first kappa shape index (κ1) is 91.0. The molecule has 1 saturated heterocycles. The number of nitrogens with one attached hydrogen (secondary N) is 2. The van der Waals surface area contributed by atoms with Gasteiger partial charge >= 0.3 is 0 Å². The van der Waals surface area contributed by atoms with Crippen molar-refractivity contribution in [2.75, 3.05) is 88.7 Å². The summed E-state index contributed by atoms with van der Waals surface area (Å²) in [5.41, 5.74) is 0. The number of aliphatic hydroxyl groups is 1. The Kier molecular flexibility index (Phi) is 39.6. The number of carbonyl (C=O) groups excluding carboxylic acids is 12. The van der Waals surface area contributed by atoms with Crippen molar-refractivity contribution in [3.63, 3.8) is 0 Å². The van der Waals surface area contributed by atoms with E-state index in [1.54, 1.807) is 73.5 Å². The van der Waals surface area contributed by atoms with Crippen LogP contribution in [0.3, 0.4) is 0 Å². The fraction of sp³-hybridized carbons (Fsp3) is 0.813. The van der Waals surface area contributed by atoms with Gasteiger partial charge in [-0.25, -0.2) is 0 Å². The molecule has 1 aliphatic heterocycles. The van der Waals surface area contributed by atoms with Crippen LogP contribution in [0, 0.1) is 59.2 Å². The Bertz CT molecular complexity index is 2690. The summed E-state index contributed by atoms with van der Waals surface area (Å²) in [5.74, 6) is -9.99. The average molecular weight is 1400 g/mol. The highest BCUT2D eigenvalue weighted by Crippen LogP contribution is 2.29. The molecule has 24 heteroatoms. The molecule has 14 atom stereocenters. The van der Waals surface area contributed by atoms with Crippen LogP contribution in [0.5, 0.6) is 0 Å². The van der Waals surface area contributed by atoms with Gasteiger partial charge in [0.1, 0.15) is 42.6 Å². The first-order valence-corrected chi connectivity index (χ1v) is 36.4. The third-order valence-electron chi connectivity index (χ3n) is 20.1. The number of piperazine rings is 1. The van der Waals surface area contributed by atoms with E-state index in [-0.39, 0.29) is 116 Å². The van der Waals surface area contributed by atoms with Crippen LogP contribution in [0.1, 0.15) is 190 Å². The largest absolute Gasteiger partial charge is 0.390 e. The highest BCUT2D eigenvalue weighted by atomic mass is 16.5. The van der Waals surface area contributed by atoms with Gasteiger partial charge in [-0.1, -0.05) is 116 Å². The van der Waals surface area contributed by atoms with Gasteiger partial charge in [-0.05, 0) is 109 Å². The Labute approximate surface area is 595 Å². The SMILES string of the molecule is C/C=C/C[C@@H](C)[C@@H](O)[C@@H](C(=O)N[C@@H](CC)C(=O)N(C)[C@H](C)C(C)=O)N(C)C(=O)[C@H](C(C)C)N(C)C(=O)[C@H](CC(C)C)N(C)C(=O)[C@H](CC(C)C)N(C)C(=O)[C@@H](C)CC(=O)[C@H](C)CC(=O)[C@H](CC(C)C)N(C)C(=O)[C@@H](CC(=O)[C@@H](NC)[C@H](C)COCC(=O)N1CCN(C(C)C)CC1)C(C)C. The van der Waals surface area contributed by atoms with E-state index >= 15 is 14.4 Å². The van der Waals surface area contributed by atoms with Gasteiger partial charge in [-0.15, -0.1) is 0 Å². The van der Waals surface area contributed by atoms with E-state index in [1.165, 1.54) is 66.7 Å². The van der Waals surface area contributed by atoms with E-state index in [0.29, 0.717) is 32.0 Å². The maximum absolute atomic E-state index is 15.2. The van der Waals surface area contributed by atoms with Crippen molar-refractivity contribution in [1.29, 1.82) is 0 Å². The van der Waals surface area contributed by atoms with Gasteiger partial charge in [0.2, 0.25) is 47.3 Å². The van der Waals surface area contributed by atoms with Crippen molar-refractivity contribution in [3.05, 3.63) is 12.2 Å². The Morgan fingerprint density at radius 1 is 0.525 bits per heavy atom. The van der Waals surface area contributed by atoms with E-state index in [9.17, 15) is 48.3 Å². The molecule has 0 aliphatic carbocycles. The molecule has 8 amide bonds. The molecule has 0 bridgehead atoms. The van der Waals surface area contributed by atoms with Crippen molar-refractivity contribution < 1.29 is 67.4 Å². The Morgan fingerprint density at radius 3 is 1.45 bits per heavy atom. The molecule has 1 heterocycles. The molecule has 3 N–H and O–H groups in total. The second-order valence-corrected chi connectivity index (χ2v) is 30.7. The first-order chi connectivity index (χ1) is 45.9. The molecule has 1 aliphatic rings. The maximum Gasteiger partial charge on any atom is 0.248 e. The number of allylic oxidation sites excluding steroid dienone is 2. The molecule has 1 fully saturated rings. The lowest BCUT2D eigenvalue weighted by molar-refractivity contribution is -0.157. The second-order valence-electron chi connectivity index (χ2n) is 30.7. The number of ketones is 4. The number of likely N-dealkylation sites (N-methyl/N-ethyl adjacent to an activating group) is 7. The van der Waals surface area contributed by atoms with Gasteiger partial charge in [0, 0.05) is 117 Å². The Hall–Kier alpha value is -5.98. The minimum atomic E-state index is -1.54. The van der Waals surface area contributed by atoms with Gasteiger partial charge in [-0.3, -0.25) is 62.4 Å². The van der Waals surface area contributed by atoms with Crippen LogP contribution in [-0.4, -0.2) is 264 Å². The lowest BCUT2D eigenvalue weighted by atomic mass is 9.84. The van der Waals surface area contributed by atoms with Crippen LogP contribution in [0.25, 0.3) is 0 Å². The number of hydrogen-bond acceptors (Lipinski definition) is 16. The molecule has 0 aromatic heterocycles. The number of amides is 8. The molecular formula is C75H134N10O14. The number of Topliss-reactive ketones (excluding diaryl/α,β-unsaturated/α-hetero) is 4. The minimum Gasteiger partial charge on any atom is -0.390 e. The topological polar surface area (TPSA) is 284 Å². The molecule has 99 heavy (non-hydrogen) atoms. The summed E-state index contributed by atoms with van der Waals surface area (Å²) in [5, 5.41) is 17.8. The van der Waals surface area contributed by atoms with Crippen molar-refractivity contribution in [1.82, 2.24) is 49.8 Å². The smallest absolute Gasteiger partial charge is 0.248 e. The number of rotatable bonds is 44. The molecule has 24 nitrogen and oxygen atoms in total. The quantitative estimate of drug-likeness (QED) is 0.0555. The maximum atomic E-state index is 15.2. The van der Waals surface area contributed by atoms with Crippen molar-refractivity contribution in [3.8, 4) is 0 Å². The predicted octanol–water partition coefficient (Wildman–Crippen LogP) is 6.42. The summed E-state index contributed by atoms with van der Waals surface area (Å²) in [6.07, 6.45) is 2.69. The molecule has 0 saturated carbocycles. The van der Waals surface area contributed by atoms with Crippen LogP contribution >= 0.6 is 0 Å². The normalized spacial score (nSPS) is 17.4. The highest BCUT2D eigenvalue weighted by Gasteiger charge is 2.46. The van der Waals surface area contributed by atoms with Gasteiger partial charge in [0.15, 0.2) is 17.3 Å². The monoisotopic (exact) mass is 1400 g/mol. The number of hydrogen-bond donors (Lipinski definition) is 3. The third kappa shape index (κ3) is 27.1. The Morgan fingerprint density at radius 2 is 1.00 bits per heavy atom. The van der Waals surface area contributed by atoms with Crippen molar-refractivity contribution in [2.45, 2.75) is 250 Å². The molecular weight excluding hydrogens is 1260 g/mol. The number of ether oxygens (including phenoxy) is 1. The standard InChI is InChI=1S/C75H134N10O14/c1-28-30-31-50(15)68(91)67(69(92)77-57(29-2)72(95)78(22)54(19)55(20)86)83(27)75(98)66(48(11)12)82(26)74(97)60(38-46(7)8)81(25)73(96)59(37-45(5)6)80(24)70(93)52(17)40-61(87)51(16)39-62(88)58(36-44(3)4)79(23)71(94)56(47(9)10)41-63(89)65(76-21)53(18)42-99-43-64(90)85-34-32-84(33-35-85)49(13)14/h28,30,44-54,56-60,65-68,76,91H,29,31-43H2,1-27H3,(H,77,92)/b30-28+/t50-,51-,52+,53-,54-,56+,57+,58+,59+,60+,65+,66+,67+,68-/m1/s1. The van der Waals surface area contributed by atoms with Gasteiger partial charge < -0.3 is 54.8 Å². The second kappa shape index (κ2) is 43.1. The van der Waals surface area contributed by atoms with Gasteiger partial charge in [-0.2, -0.15) is 0 Å². The molecule has 1 rings (SSSR count). The fourth-order valence-electron chi connectivity index (χ4n) is 13.1. The van der Waals surface area contributed by atoms with Crippen molar-refractivity contribution in [2.24, 2.45) is 59.2 Å². The lowest BCUT2D eigenvalue weighted by Gasteiger charge is -2.41. The third-order valence-corrected chi connectivity index (χ3v) is 20.1. The zero-order valence-electron chi connectivity index (χ0n) is 65.9. The summed E-state index contributed by atoms with van der Waals surface area (Å²) < 4.78 is 5.86. The molecule has 0 aromatic carbocycles. The van der Waals surface area contributed by atoms with Crippen molar-refractivity contribution >= 4 is 70.4 Å². The summed E-state index contributed by atoms with van der Waals surface area (Å²) in [4.78, 5) is 182. The van der Waals surface area contributed by atoms with Gasteiger partial charge in [0.25, 0.3) is 0 Å². The van der Waals surface area contributed by atoms with Crippen LogP contribution in [0.15, 0.2) is 12.2 Å². The summed E-state index contributed by atoms with van der Waals surface area (Å²) in [6, 6.07) is -8.12. The van der Waals surface area contributed by atoms with E-state index < -0.39 is 119 Å². The van der Waals surface area contributed by atoms with E-state index in [0.717, 1.165) is 18.0 Å². The molecule has 0 aromatic rings. The van der Waals surface area contributed by atoms with Crippen LogP contribution in [0.4, 0.5) is 0 Å². The van der Waals surface area contributed by atoms with E-state index in [4.69, 9.17) is 4.74 Å². The van der Waals surface area contributed by atoms with Gasteiger partial charge in [0.05, 0.1) is 30.8 Å². The number of aliphatic hydroxyl groups excluding tert-OH is 1. The minimum absolute atomic E-state index is 0.0341. The molecule has 0 radical (unpaired) electrons. The molecule has 0 unspecified atom stereocenters.